The first kappa shape index (κ1) is 11.0. The van der Waals surface area contributed by atoms with Gasteiger partial charge in [0.2, 0.25) is 5.24 Å². The molecule has 0 spiro atoms. The molecule has 0 heterocycles. The Hall–Kier alpha value is -0.550. The van der Waals surface area contributed by atoms with Gasteiger partial charge in [0.1, 0.15) is 0 Å². The molecule has 0 aromatic heterocycles. The van der Waals surface area contributed by atoms with Crippen LogP contribution in [0.5, 0.6) is 0 Å². The van der Waals surface area contributed by atoms with Gasteiger partial charge < -0.3 is 0 Å². The number of hydrogen-bond donors (Lipinski definition) is 0. The zero-order chi connectivity index (χ0) is 10.9. The third-order valence-electron chi connectivity index (χ3n) is 4.59. The second kappa shape index (κ2) is 3.79. The Bertz CT molecular complexity index is 294. The molecule has 82 valence electrons. The molecule has 0 unspecified atom stereocenters. The van der Waals surface area contributed by atoms with E-state index in [-0.39, 0.29) is 10.7 Å². The molecular formula is C12H16ClNO. The van der Waals surface area contributed by atoms with Crippen molar-refractivity contribution in [2.75, 3.05) is 0 Å². The molecule has 0 aliphatic heterocycles. The third kappa shape index (κ3) is 1.78. The Labute approximate surface area is 95.6 Å². The van der Waals surface area contributed by atoms with E-state index in [9.17, 15) is 4.79 Å². The fourth-order valence-electron chi connectivity index (χ4n) is 3.25. The van der Waals surface area contributed by atoms with E-state index < -0.39 is 0 Å². The van der Waals surface area contributed by atoms with Crippen LogP contribution in [0.3, 0.4) is 0 Å². The van der Waals surface area contributed by atoms with Gasteiger partial charge in [0.05, 0.1) is 6.07 Å². The van der Waals surface area contributed by atoms with Gasteiger partial charge in [-0.05, 0) is 62.0 Å². The summed E-state index contributed by atoms with van der Waals surface area (Å²) in [4.78, 5) is 11.4. The summed E-state index contributed by atoms with van der Waals surface area (Å²) in [6.07, 6.45) is 7.77. The van der Waals surface area contributed by atoms with Crippen molar-refractivity contribution in [1.29, 1.82) is 5.26 Å². The van der Waals surface area contributed by atoms with Crippen LogP contribution in [0.1, 0.15) is 51.4 Å². The molecule has 3 rings (SSSR count). The topological polar surface area (TPSA) is 40.9 Å². The van der Waals surface area contributed by atoms with Gasteiger partial charge in [-0.15, -0.1) is 0 Å². The molecule has 3 heteroatoms. The summed E-state index contributed by atoms with van der Waals surface area (Å²) < 4.78 is 0. The molecule has 3 aliphatic rings. The largest absolute Gasteiger partial charge is 0.281 e. The lowest BCUT2D eigenvalue weighted by atomic mass is 9.53. The van der Waals surface area contributed by atoms with Gasteiger partial charge in [0.15, 0.2) is 0 Å². The van der Waals surface area contributed by atoms with Crippen LogP contribution >= 0.6 is 11.6 Å². The highest BCUT2D eigenvalue weighted by Crippen LogP contribution is 2.59. The number of halogens is 1. The van der Waals surface area contributed by atoms with Crippen molar-refractivity contribution in [3.63, 3.8) is 0 Å². The van der Waals surface area contributed by atoms with E-state index in [1.54, 1.807) is 0 Å². The number of nitrogens with zero attached hydrogens (tertiary/aromatic N) is 1. The Morgan fingerprint density at radius 1 is 1.20 bits per heavy atom. The third-order valence-corrected chi connectivity index (χ3v) is 4.99. The number of carbonyl (C=O) groups is 1. The van der Waals surface area contributed by atoms with Crippen LogP contribution in [-0.2, 0) is 4.79 Å². The van der Waals surface area contributed by atoms with Crippen molar-refractivity contribution < 1.29 is 4.79 Å². The number of carbonyl (C=O) groups excluding carboxylic acids is 1. The molecule has 3 fully saturated rings. The minimum atomic E-state index is -0.198. The van der Waals surface area contributed by atoms with Crippen LogP contribution < -0.4 is 0 Å². The van der Waals surface area contributed by atoms with Crippen molar-refractivity contribution in [3.8, 4) is 6.07 Å². The molecule has 0 N–H and O–H groups in total. The monoisotopic (exact) mass is 225 g/mol. The quantitative estimate of drug-likeness (QED) is 0.691. The number of hydrogen-bond acceptors (Lipinski definition) is 2. The van der Waals surface area contributed by atoms with Gasteiger partial charge in [0.25, 0.3) is 0 Å². The van der Waals surface area contributed by atoms with E-state index in [1.165, 1.54) is 0 Å². The van der Waals surface area contributed by atoms with Crippen molar-refractivity contribution in [1.82, 2.24) is 0 Å². The van der Waals surface area contributed by atoms with Crippen molar-refractivity contribution >= 4 is 16.8 Å². The predicted octanol–water partition coefficient (Wildman–Crippen LogP) is 3.40. The minimum Gasteiger partial charge on any atom is -0.281 e. The summed E-state index contributed by atoms with van der Waals surface area (Å²) in [5.74, 6) is 0. The molecule has 2 bridgehead atoms. The van der Waals surface area contributed by atoms with Crippen LogP contribution in [0.4, 0.5) is 0 Å². The molecule has 3 saturated carbocycles. The standard InChI is InChI=1S/C12H16ClNO/c13-10(15)12-6-3-11(4-7-12,5-8-12)2-1-9-14/h1-8H2. The zero-order valence-electron chi connectivity index (χ0n) is 8.89. The molecule has 2 nitrogen and oxygen atoms in total. The molecule has 0 amide bonds. The number of rotatable bonds is 3. The number of fused-ring (bicyclic) bond motifs is 3. The van der Waals surface area contributed by atoms with Crippen LogP contribution in [0.15, 0.2) is 0 Å². The summed E-state index contributed by atoms with van der Waals surface area (Å²) in [7, 11) is 0. The molecule has 15 heavy (non-hydrogen) atoms. The van der Waals surface area contributed by atoms with Crippen molar-refractivity contribution in [2.24, 2.45) is 10.8 Å². The first-order valence-electron chi connectivity index (χ1n) is 5.70. The Morgan fingerprint density at radius 2 is 1.73 bits per heavy atom. The Kier molecular flexibility index (Phi) is 2.77. The zero-order valence-corrected chi connectivity index (χ0v) is 9.65. The maximum Gasteiger partial charge on any atom is 0.227 e. The van der Waals surface area contributed by atoms with Gasteiger partial charge >= 0.3 is 0 Å². The van der Waals surface area contributed by atoms with Gasteiger partial charge in [0, 0.05) is 11.8 Å². The van der Waals surface area contributed by atoms with E-state index in [2.05, 4.69) is 6.07 Å². The van der Waals surface area contributed by atoms with Crippen LogP contribution in [0.25, 0.3) is 0 Å². The smallest absolute Gasteiger partial charge is 0.227 e. The van der Waals surface area contributed by atoms with Gasteiger partial charge in [-0.1, -0.05) is 0 Å². The molecule has 0 atom stereocenters. The SMILES string of the molecule is N#CCCC12CCC(C(=O)Cl)(CC1)CC2. The summed E-state index contributed by atoms with van der Waals surface area (Å²) in [6, 6.07) is 2.23. The molecule has 3 aliphatic carbocycles. The Balaban J connectivity index is 2.04. The lowest BCUT2D eigenvalue weighted by Crippen LogP contribution is -2.44. The summed E-state index contributed by atoms with van der Waals surface area (Å²) in [6.45, 7) is 0. The summed E-state index contributed by atoms with van der Waals surface area (Å²) >= 11 is 5.70. The minimum absolute atomic E-state index is 0.129. The second-order valence-corrected chi connectivity index (χ2v) is 5.56. The van der Waals surface area contributed by atoms with E-state index in [0.717, 1.165) is 44.9 Å². The maximum absolute atomic E-state index is 11.4. The van der Waals surface area contributed by atoms with Gasteiger partial charge in [-0.2, -0.15) is 5.26 Å². The molecule has 0 radical (unpaired) electrons. The van der Waals surface area contributed by atoms with E-state index in [1.807, 2.05) is 0 Å². The first-order valence-corrected chi connectivity index (χ1v) is 6.07. The second-order valence-electron chi connectivity index (χ2n) is 5.21. The summed E-state index contributed by atoms with van der Waals surface area (Å²) in [5.41, 5.74) is 0.166. The van der Waals surface area contributed by atoms with Gasteiger partial charge in [-0.3, -0.25) is 4.79 Å². The highest BCUT2D eigenvalue weighted by Gasteiger charge is 2.51. The van der Waals surface area contributed by atoms with E-state index >= 15 is 0 Å². The molecule has 0 aromatic rings. The molecule has 0 saturated heterocycles. The van der Waals surface area contributed by atoms with Crippen LogP contribution in [0.2, 0.25) is 0 Å². The van der Waals surface area contributed by atoms with Gasteiger partial charge in [-0.25, -0.2) is 0 Å². The van der Waals surface area contributed by atoms with Crippen LogP contribution in [-0.4, -0.2) is 5.24 Å². The fraction of sp³-hybridized carbons (Fsp3) is 0.833. The molecular weight excluding hydrogens is 210 g/mol. The Morgan fingerprint density at radius 3 is 2.13 bits per heavy atom. The normalized spacial score (nSPS) is 38.7. The van der Waals surface area contributed by atoms with Crippen LogP contribution in [0, 0.1) is 22.2 Å². The maximum atomic E-state index is 11.4. The van der Waals surface area contributed by atoms with Crippen molar-refractivity contribution in [2.45, 2.75) is 51.4 Å². The summed E-state index contributed by atoms with van der Waals surface area (Å²) in [5, 5.41) is 8.50. The molecule has 0 aromatic carbocycles. The average Bonchev–Trinajstić information content (AvgIpc) is 2.29. The average molecular weight is 226 g/mol. The number of nitriles is 1. The highest BCUT2D eigenvalue weighted by atomic mass is 35.5. The predicted molar refractivity (Wildman–Crippen MR) is 58.3 cm³/mol. The van der Waals surface area contributed by atoms with E-state index in [4.69, 9.17) is 16.9 Å². The fourth-order valence-corrected chi connectivity index (χ4v) is 3.54. The lowest BCUT2D eigenvalue weighted by Gasteiger charge is -2.51. The first-order chi connectivity index (χ1) is 7.13. The van der Waals surface area contributed by atoms with Crippen molar-refractivity contribution in [3.05, 3.63) is 0 Å². The highest BCUT2D eigenvalue weighted by molar-refractivity contribution is 6.64. The lowest BCUT2D eigenvalue weighted by molar-refractivity contribution is -0.129. The van der Waals surface area contributed by atoms with E-state index in [0.29, 0.717) is 11.8 Å².